The Bertz CT molecular complexity index is 611. The Balaban J connectivity index is 2.15. The molecule has 1 fully saturated rings. The Hall–Kier alpha value is -1.02. The predicted molar refractivity (Wildman–Crippen MR) is 85.4 cm³/mol. The molecule has 1 saturated carbocycles. The molecule has 0 saturated heterocycles. The summed E-state index contributed by atoms with van der Waals surface area (Å²) >= 11 is 6.40. The summed E-state index contributed by atoms with van der Waals surface area (Å²) in [7, 11) is 0. The van der Waals surface area contributed by atoms with Crippen molar-refractivity contribution in [3.05, 3.63) is 29.6 Å². The largest absolute Gasteiger partial charge is 0.323 e. The minimum Gasteiger partial charge on any atom is -0.323 e. The van der Waals surface area contributed by atoms with Crippen LogP contribution in [0.3, 0.4) is 0 Å². The summed E-state index contributed by atoms with van der Waals surface area (Å²) in [5.41, 5.74) is 3.66. The summed E-state index contributed by atoms with van der Waals surface area (Å²) in [6.45, 7) is 6.48. The van der Waals surface area contributed by atoms with Crippen LogP contribution in [0.1, 0.15) is 62.3 Å². The van der Waals surface area contributed by atoms with Crippen LogP contribution in [-0.2, 0) is 0 Å². The highest BCUT2D eigenvalue weighted by Crippen LogP contribution is 2.40. The number of para-hydroxylation sites is 1. The number of alkyl halides is 1. The summed E-state index contributed by atoms with van der Waals surface area (Å²) < 4.78 is 2.43. The van der Waals surface area contributed by atoms with Crippen molar-refractivity contribution in [2.75, 3.05) is 0 Å². The summed E-state index contributed by atoms with van der Waals surface area (Å²) in [5.74, 6) is 1.95. The molecule has 3 heteroatoms. The molecule has 1 aromatic carbocycles. The van der Waals surface area contributed by atoms with E-state index in [2.05, 4.69) is 36.6 Å². The van der Waals surface area contributed by atoms with Gasteiger partial charge in [0, 0.05) is 6.04 Å². The van der Waals surface area contributed by atoms with E-state index in [0.29, 0.717) is 6.04 Å². The van der Waals surface area contributed by atoms with E-state index in [-0.39, 0.29) is 5.38 Å². The minimum absolute atomic E-state index is 0.0462. The quantitative estimate of drug-likeness (QED) is 0.675. The number of hydrogen-bond acceptors (Lipinski definition) is 1. The number of aryl methyl sites for hydroxylation is 1. The van der Waals surface area contributed by atoms with E-state index in [1.807, 2.05) is 6.92 Å². The smallest absolute Gasteiger partial charge is 0.127 e. The lowest BCUT2D eigenvalue weighted by Crippen LogP contribution is -2.13. The van der Waals surface area contributed by atoms with Crippen molar-refractivity contribution in [3.8, 4) is 0 Å². The van der Waals surface area contributed by atoms with Crippen LogP contribution < -0.4 is 0 Å². The first-order valence-corrected chi connectivity index (χ1v) is 8.17. The van der Waals surface area contributed by atoms with Crippen LogP contribution in [0.4, 0.5) is 0 Å². The van der Waals surface area contributed by atoms with Gasteiger partial charge in [-0.3, -0.25) is 0 Å². The molecule has 108 valence electrons. The van der Waals surface area contributed by atoms with Gasteiger partial charge in [0.1, 0.15) is 5.82 Å². The monoisotopic (exact) mass is 290 g/mol. The number of halogens is 1. The third-order valence-corrected chi connectivity index (χ3v) is 4.63. The molecule has 2 aromatic rings. The highest BCUT2D eigenvalue weighted by Gasteiger charge is 2.28. The fraction of sp³-hybridized carbons (Fsp3) is 0.588. The van der Waals surface area contributed by atoms with Gasteiger partial charge in [-0.25, -0.2) is 4.98 Å². The van der Waals surface area contributed by atoms with Gasteiger partial charge in [0.15, 0.2) is 0 Å². The lowest BCUT2D eigenvalue weighted by molar-refractivity contribution is 0.425. The Morgan fingerprint density at radius 2 is 2.15 bits per heavy atom. The summed E-state index contributed by atoms with van der Waals surface area (Å²) in [6, 6.07) is 6.89. The summed E-state index contributed by atoms with van der Waals surface area (Å²) in [5, 5.41) is -0.0462. The summed E-state index contributed by atoms with van der Waals surface area (Å²) in [6.07, 6.45) is 5.21. The molecule has 1 aromatic heterocycles. The molecule has 1 aliphatic carbocycles. The molecule has 2 nitrogen and oxygen atoms in total. The van der Waals surface area contributed by atoms with E-state index in [1.54, 1.807) is 0 Å². The number of benzene rings is 1. The van der Waals surface area contributed by atoms with E-state index >= 15 is 0 Å². The average molecular weight is 291 g/mol. The topological polar surface area (TPSA) is 17.8 Å². The molecular formula is C17H23ClN2. The maximum absolute atomic E-state index is 6.40. The first-order chi connectivity index (χ1) is 9.61. The Morgan fingerprint density at radius 1 is 1.40 bits per heavy atom. The van der Waals surface area contributed by atoms with Gasteiger partial charge in [-0.1, -0.05) is 31.9 Å². The first-order valence-electron chi connectivity index (χ1n) is 7.73. The molecule has 1 heterocycles. The van der Waals surface area contributed by atoms with Crippen molar-refractivity contribution in [2.24, 2.45) is 5.92 Å². The molecule has 3 rings (SSSR count). The zero-order valence-corrected chi connectivity index (χ0v) is 13.3. The zero-order valence-electron chi connectivity index (χ0n) is 12.6. The first kappa shape index (κ1) is 13.9. The third kappa shape index (κ3) is 2.46. The second-order valence-electron chi connectivity index (χ2n) is 6.14. The number of imidazole rings is 1. The molecule has 0 radical (unpaired) electrons. The highest BCUT2D eigenvalue weighted by molar-refractivity contribution is 6.20. The number of nitrogens with zero attached hydrogens (tertiary/aromatic N) is 2. The zero-order chi connectivity index (χ0) is 14.3. The van der Waals surface area contributed by atoms with Crippen molar-refractivity contribution in [1.29, 1.82) is 0 Å². The van der Waals surface area contributed by atoms with Crippen LogP contribution in [-0.4, -0.2) is 9.55 Å². The minimum atomic E-state index is -0.0462. The van der Waals surface area contributed by atoms with Crippen LogP contribution in [0, 0.1) is 12.8 Å². The average Bonchev–Trinajstić information content (AvgIpc) is 3.14. The highest BCUT2D eigenvalue weighted by atomic mass is 35.5. The predicted octanol–water partition coefficient (Wildman–Crippen LogP) is 5.40. The van der Waals surface area contributed by atoms with Crippen LogP contribution >= 0.6 is 11.6 Å². The van der Waals surface area contributed by atoms with Gasteiger partial charge in [0.25, 0.3) is 0 Å². The second kappa shape index (κ2) is 5.40. The normalized spacial score (nSPS) is 18.4. The number of hydrogen-bond donors (Lipinski definition) is 0. The number of aromatic nitrogens is 2. The molecule has 0 aliphatic heterocycles. The maximum Gasteiger partial charge on any atom is 0.127 e. The van der Waals surface area contributed by atoms with Crippen molar-refractivity contribution >= 4 is 22.6 Å². The molecule has 2 unspecified atom stereocenters. The molecule has 0 N–H and O–H groups in total. The molecule has 1 aliphatic rings. The van der Waals surface area contributed by atoms with Crippen molar-refractivity contribution in [1.82, 2.24) is 9.55 Å². The van der Waals surface area contributed by atoms with Crippen LogP contribution in [0.15, 0.2) is 18.2 Å². The number of fused-ring (bicyclic) bond motifs is 1. The molecule has 0 amide bonds. The molecule has 20 heavy (non-hydrogen) atoms. The fourth-order valence-corrected chi connectivity index (χ4v) is 3.34. The molecular weight excluding hydrogens is 268 g/mol. The van der Waals surface area contributed by atoms with Gasteiger partial charge in [-0.05, 0) is 44.2 Å². The SMILES string of the molecule is CCC(CC1CC1)n1c(C(C)Cl)nc2cccc(C)c21. The van der Waals surface area contributed by atoms with Gasteiger partial charge in [0.05, 0.1) is 16.4 Å². The molecule has 0 spiro atoms. The Labute approximate surface area is 126 Å². The van der Waals surface area contributed by atoms with E-state index in [1.165, 1.54) is 30.3 Å². The summed E-state index contributed by atoms with van der Waals surface area (Å²) in [4.78, 5) is 4.80. The lowest BCUT2D eigenvalue weighted by Gasteiger charge is -2.22. The molecule has 2 atom stereocenters. The maximum atomic E-state index is 6.40. The van der Waals surface area contributed by atoms with Gasteiger partial charge in [-0.15, -0.1) is 11.6 Å². The van der Waals surface area contributed by atoms with Crippen LogP contribution in [0.5, 0.6) is 0 Å². The van der Waals surface area contributed by atoms with E-state index in [9.17, 15) is 0 Å². The second-order valence-corrected chi connectivity index (χ2v) is 6.79. The Kier molecular flexibility index (Phi) is 3.76. The number of rotatable bonds is 5. The van der Waals surface area contributed by atoms with Crippen molar-refractivity contribution < 1.29 is 0 Å². The standard InChI is InChI=1S/C17H23ClN2/c1-4-14(10-13-8-9-13)20-16-11(2)6-5-7-15(16)19-17(20)12(3)18/h5-7,12-14H,4,8-10H2,1-3H3. The van der Waals surface area contributed by atoms with Crippen LogP contribution in [0.2, 0.25) is 0 Å². The fourth-order valence-electron chi connectivity index (χ4n) is 3.18. The van der Waals surface area contributed by atoms with Crippen molar-refractivity contribution in [3.63, 3.8) is 0 Å². The van der Waals surface area contributed by atoms with Crippen molar-refractivity contribution in [2.45, 2.75) is 57.9 Å². The molecule has 0 bridgehead atoms. The lowest BCUT2D eigenvalue weighted by atomic mass is 10.1. The van der Waals surface area contributed by atoms with E-state index in [0.717, 1.165) is 23.7 Å². The third-order valence-electron chi connectivity index (χ3n) is 4.43. The van der Waals surface area contributed by atoms with E-state index in [4.69, 9.17) is 16.6 Å². The van der Waals surface area contributed by atoms with Gasteiger partial charge in [0.2, 0.25) is 0 Å². The van der Waals surface area contributed by atoms with E-state index < -0.39 is 0 Å². The van der Waals surface area contributed by atoms with Gasteiger partial charge in [-0.2, -0.15) is 0 Å². The van der Waals surface area contributed by atoms with Crippen LogP contribution in [0.25, 0.3) is 11.0 Å². The Morgan fingerprint density at radius 3 is 2.75 bits per heavy atom. The van der Waals surface area contributed by atoms with Gasteiger partial charge < -0.3 is 4.57 Å². The van der Waals surface area contributed by atoms with Gasteiger partial charge >= 0.3 is 0 Å².